The molecule has 0 aliphatic rings. The lowest BCUT2D eigenvalue weighted by molar-refractivity contribution is -0.140. The zero-order valence-electron chi connectivity index (χ0n) is 21.7. The van der Waals surface area contributed by atoms with Crippen LogP contribution < -0.4 is 9.62 Å². The highest BCUT2D eigenvalue weighted by molar-refractivity contribution is 7.92. The first kappa shape index (κ1) is 29.5. The molecular formula is C28H31Cl2N3O4S. The zero-order chi connectivity index (χ0) is 28.0. The lowest BCUT2D eigenvalue weighted by atomic mass is 10.1. The van der Waals surface area contributed by atoms with Gasteiger partial charge in [0.2, 0.25) is 11.8 Å². The van der Waals surface area contributed by atoms with Crippen molar-refractivity contribution >= 4 is 50.7 Å². The van der Waals surface area contributed by atoms with Gasteiger partial charge in [-0.2, -0.15) is 0 Å². The monoisotopic (exact) mass is 575 g/mol. The van der Waals surface area contributed by atoms with Crippen LogP contribution in [0.1, 0.15) is 30.0 Å². The maximum atomic E-state index is 14.0. The van der Waals surface area contributed by atoms with Gasteiger partial charge in [0.05, 0.1) is 10.6 Å². The molecule has 1 N–H and O–H groups in total. The molecule has 2 amide bonds. The highest BCUT2D eigenvalue weighted by Crippen LogP contribution is 2.30. The highest BCUT2D eigenvalue weighted by Gasteiger charge is 2.34. The molecule has 3 aromatic carbocycles. The number of hydrogen-bond donors (Lipinski definition) is 1. The summed E-state index contributed by atoms with van der Waals surface area (Å²) >= 11 is 12.8. The van der Waals surface area contributed by atoms with Crippen LogP contribution in [0.25, 0.3) is 0 Å². The maximum absolute atomic E-state index is 14.0. The molecule has 7 nitrogen and oxygen atoms in total. The molecule has 3 rings (SSSR count). The van der Waals surface area contributed by atoms with Gasteiger partial charge in [0.25, 0.3) is 10.0 Å². The Kier molecular flexibility index (Phi) is 9.82. The molecule has 0 spiro atoms. The van der Waals surface area contributed by atoms with E-state index >= 15 is 0 Å². The molecule has 0 fully saturated rings. The topological polar surface area (TPSA) is 86.8 Å². The molecule has 38 heavy (non-hydrogen) atoms. The zero-order valence-corrected chi connectivity index (χ0v) is 24.1. The average molecular weight is 577 g/mol. The van der Waals surface area contributed by atoms with Gasteiger partial charge in [-0.15, -0.1) is 0 Å². The van der Waals surface area contributed by atoms with Crippen molar-refractivity contribution in [2.24, 2.45) is 0 Å². The first-order valence-electron chi connectivity index (χ1n) is 12.1. The summed E-state index contributed by atoms with van der Waals surface area (Å²) in [6.45, 7) is 4.81. The standard InChI is InChI=1S/C28H31Cl2N3O4S/c1-5-25(28(35)31-4)32(17-22-23(29)10-8-11-24(22)30)27(34)18-33(26-12-7-6-9-20(26)3)38(36,37)21-15-13-19(2)14-16-21/h6-16,25H,5,17-18H2,1-4H3,(H,31,35)/t25-/m1/s1. The second kappa shape index (κ2) is 12.7. The molecule has 0 heterocycles. The van der Waals surface area contributed by atoms with Gasteiger partial charge in [-0.1, -0.05) is 72.1 Å². The predicted octanol–water partition coefficient (Wildman–Crippen LogP) is 5.36. The van der Waals surface area contributed by atoms with Crippen LogP contribution in [0.3, 0.4) is 0 Å². The summed E-state index contributed by atoms with van der Waals surface area (Å²) in [6.07, 6.45) is 0.294. The summed E-state index contributed by atoms with van der Waals surface area (Å²) < 4.78 is 28.9. The van der Waals surface area contributed by atoms with E-state index in [1.807, 2.05) is 6.92 Å². The number of carbonyl (C=O) groups is 2. The lowest BCUT2D eigenvalue weighted by Gasteiger charge is -2.33. The Labute approximate surface area is 234 Å². The third-order valence-corrected chi connectivity index (χ3v) is 8.78. The minimum Gasteiger partial charge on any atom is -0.357 e. The van der Waals surface area contributed by atoms with Crippen molar-refractivity contribution in [2.45, 2.75) is 44.7 Å². The van der Waals surface area contributed by atoms with E-state index in [0.717, 1.165) is 9.87 Å². The van der Waals surface area contributed by atoms with Gasteiger partial charge in [-0.05, 0) is 56.2 Å². The Balaban J connectivity index is 2.11. The van der Waals surface area contributed by atoms with Crippen molar-refractivity contribution < 1.29 is 18.0 Å². The van der Waals surface area contributed by atoms with E-state index < -0.39 is 28.5 Å². The van der Waals surface area contributed by atoms with E-state index in [1.54, 1.807) is 68.4 Å². The fourth-order valence-electron chi connectivity index (χ4n) is 4.13. The van der Waals surface area contributed by atoms with Crippen molar-refractivity contribution in [3.8, 4) is 0 Å². The van der Waals surface area contributed by atoms with E-state index in [1.165, 1.54) is 24.1 Å². The number of carbonyl (C=O) groups excluding carboxylic acids is 2. The van der Waals surface area contributed by atoms with Gasteiger partial charge >= 0.3 is 0 Å². The SMILES string of the molecule is CC[C@H](C(=O)NC)N(Cc1c(Cl)cccc1Cl)C(=O)CN(c1ccccc1C)S(=O)(=O)c1ccc(C)cc1. The van der Waals surface area contributed by atoms with E-state index in [4.69, 9.17) is 23.2 Å². The lowest BCUT2D eigenvalue weighted by Crippen LogP contribution is -2.52. The van der Waals surface area contributed by atoms with Gasteiger partial charge in [-0.3, -0.25) is 13.9 Å². The first-order valence-corrected chi connectivity index (χ1v) is 14.3. The van der Waals surface area contributed by atoms with Gasteiger partial charge < -0.3 is 10.2 Å². The highest BCUT2D eigenvalue weighted by atomic mass is 35.5. The van der Waals surface area contributed by atoms with Crippen LogP contribution in [0.5, 0.6) is 0 Å². The second-order valence-electron chi connectivity index (χ2n) is 8.87. The smallest absolute Gasteiger partial charge is 0.264 e. The number of sulfonamides is 1. The molecule has 10 heteroatoms. The van der Waals surface area contributed by atoms with E-state index in [0.29, 0.717) is 33.3 Å². The number of halogens is 2. The number of benzene rings is 3. The predicted molar refractivity (Wildman–Crippen MR) is 152 cm³/mol. The maximum Gasteiger partial charge on any atom is 0.264 e. The molecule has 202 valence electrons. The minimum absolute atomic E-state index is 0.0539. The molecule has 0 aromatic heterocycles. The quantitative estimate of drug-likeness (QED) is 0.352. The van der Waals surface area contributed by atoms with Gasteiger partial charge in [-0.25, -0.2) is 8.42 Å². The number of hydrogen-bond acceptors (Lipinski definition) is 4. The van der Waals surface area contributed by atoms with Crippen LogP contribution in [-0.4, -0.2) is 44.8 Å². The van der Waals surface area contributed by atoms with Crippen LogP contribution >= 0.6 is 23.2 Å². The summed E-state index contributed by atoms with van der Waals surface area (Å²) in [4.78, 5) is 28.2. The third kappa shape index (κ3) is 6.49. The van der Waals surface area contributed by atoms with Crippen LogP contribution in [0.4, 0.5) is 5.69 Å². The first-order chi connectivity index (χ1) is 18.0. The van der Waals surface area contributed by atoms with Crippen molar-refractivity contribution in [3.63, 3.8) is 0 Å². The Hall–Kier alpha value is -3.07. The number of nitrogens with zero attached hydrogens (tertiary/aromatic N) is 2. The minimum atomic E-state index is -4.14. The number of amides is 2. The number of para-hydroxylation sites is 1. The van der Waals surface area contributed by atoms with Gasteiger partial charge in [0.15, 0.2) is 0 Å². The molecular weight excluding hydrogens is 545 g/mol. The summed E-state index contributed by atoms with van der Waals surface area (Å²) in [5.74, 6) is -0.955. The van der Waals surface area contributed by atoms with E-state index in [-0.39, 0.29) is 17.3 Å². The molecule has 1 atom stereocenters. The largest absolute Gasteiger partial charge is 0.357 e. The fourth-order valence-corrected chi connectivity index (χ4v) is 6.13. The van der Waals surface area contributed by atoms with Gasteiger partial charge in [0, 0.05) is 29.2 Å². The Morgan fingerprint density at radius 1 is 0.921 bits per heavy atom. The van der Waals surface area contributed by atoms with Crippen molar-refractivity contribution in [2.75, 3.05) is 17.9 Å². The summed E-state index contributed by atoms with van der Waals surface area (Å²) in [5.41, 5.74) is 2.41. The normalized spacial score (nSPS) is 12.1. The molecule has 0 saturated heterocycles. The number of anilines is 1. The second-order valence-corrected chi connectivity index (χ2v) is 11.5. The molecule has 3 aromatic rings. The molecule has 0 aliphatic carbocycles. The van der Waals surface area contributed by atoms with Gasteiger partial charge in [0.1, 0.15) is 12.6 Å². The Bertz CT molecular complexity index is 1390. The summed E-state index contributed by atoms with van der Waals surface area (Å²) in [6, 6.07) is 17.5. The number of likely N-dealkylation sites (N-methyl/N-ethyl adjacent to an activating group) is 1. The molecule has 0 unspecified atom stereocenters. The average Bonchev–Trinajstić information content (AvgIpc) is 2.89. The van der Waals surface area contributed by atoms with Crippen molar-refractivity contribution in [3.05, 3.63) is 93.5 Å². The Morgan fingerprint density at radius 2 is 1.53 bits per heavy atom. The van der Waals surface area contributed by atoms with Crippen LogP contribution in [0.2, 0.25) is 10.0 Å². The van der Waals surface area contributed by atoms with Crippen molar-refractivity contribution in [1.82, 2.24) is 10.2 Å². The molecule has 0 bridgehead atoms. The number of nitrogens with one attached hydrogen (secondary N) is 1. The van der Waals surface area contributed by atoms with Crippen molar-refractivity contribution in [1.29, 1.82) is 0 Å². The van der Waals surface area contributed by atoms with Crippen LogP contribution in [0.15, 0.2) is 71.6 Å². The number of rotatable bonds is 10. The summed E-state index contributed by atoms with van der Waals surface area (Å²) in [5, 5.41) is 3.27. The van der Waals surface area contributed by atoms with E-state index in [2.05, 4.69) is 5.32 Å². The molecule has 0 aliphatic heterocycles. The van der Waals surface area contributed by atoms with E-state index in [9.17, 15) is 18.0 Å². The van der Waals surface area contributed by atoms with Crippen LogP contribution in [0, 0.1) is 13.8 Å². The third-order valence-electron chi connectivity index (χ3n) is 6.29. The van der Waals surface area contributed by atoms with Crippen LogP contribution in [-0.2, 0) is 26.2 Å². The fraction of sp³-hybridized carbons (Fsp3) is 0.286. The summed E-state index contributed by atoms with van der Waals surface area (Å²) in [7, 11) is -2.65. The Morgan fingerprint density at radius 3 is 2.08 bits per heavy atom. The molecule has 0 radical (unpaired) electrons. The molecule has 0 saturated carbocycles. The number of aryl methyl sites for hydroxylation is 2.